The maximum absolute atomic E-state index is 5.86. The molecular weight excluding hydrogens is 226 g/mol. The third-order valence-electron chi connectivity index (χ3n) is 2.45. The average Bonchev–Trinajstić information content (AvgIpc) is 2.72. The maximum atomic E-state index is 5.86. The Hall–Kier alpha value is -1.36. The number of nitrogens with zero attached hydrogens (tertiary/aromatic N) is 4. The van der Waals surface area contributed by atoms with Crippen LogP contribution >= 0.6 is 11.6 Å². The summed E-state index contributed by atoms with van der Waals surface area (Å²) in [6, 6.07) is 0. The van der Waals surface area contributed by atoms with Crippen LogP contribution < -0.4 is 4.90 Å². The number of H-pyrrole nitrogens is 1. The molecule has 6 heteroatoms. The highest BCUT2D eigenvalue weighted by Gasteiger charge is 2.12. The smallest absolute Gasteiger partial charge is 0.226 e. The van der Waals surface area contributed by atoms with Gasteiger partial charge in [-0.05, 0) is 18.0 Å². The lowest BCUT2D eigenvalue weighted by atomic mass is 10.3. The Morgan fingerprint density at radius 1 is 1.44 bits per heavy atom. The van der Waals surface area contributed by atoms with Crippen molar-refractivity contribution in [1.29, 1.82) is 0 Å². The molecule has 0 aromatic carbocycles. The SMILES string of the molecule is CCCCN(C)c1nc(Cl)nc2nc[nH]c12. The third-order valence-corrected chi connectivity index (χ3v) is 2.62. The van der Waals surface area contributed by atoms with Crippen molar-refractivity contribution in [2.45, 2.75) is 19.8 Å². The van der Waals surface area contributed by atoms with Crippen molar-refractivity contribution in [1.82, 2.24) is 19.9 Å². The molecule has 1 N–H and O–H groups in total. The second kappa shape index (κ2) is 4.65. The molecule has 0 saturated heterocycles. The number of hydrogen-bond acceptors (Lipinski definition) is 4. The molecule has 5 nitrogen and oxygen atoms in total. The molecule has 0 bridgehead atoms. The van der Waals surface area contributed by atoms with E-state index >= 15 is 0 Å². The predicted octanol–water partition coefficient (Wildman–Crippen LogP) is 2.24. The minimum atomic E-state index is 0.234. The van der Waals surface area contributed by atoms with Gasteiger partial charge in [0.1, 0.15) is 5.52 Å². The fourth-order valence-electron chi connectivity index (χ4n) is 1.57. The van der Waals surface area contributed by atoms with Gasteiger partial charge in [0.15, 0.2) is 11.5 Å². The van der Waals surface area contributed by atoms with Gasteiger partial charge in [-0.25, -0.2) is 4.98 Å². The van der Waals surface area contributed by atoms with E-state index in [2.05, 4.69) is 31.8 Å². The van der Waals surface area contributed by atoms with E-state index in [1.807, 2.05) is 7.05 Å². The molecule has 0 aliphatic heterocycles. The highest BCUT2D eigenvalue weighted by atomic mass is 35.5. The lowest BCUT2D eigenvalue weighted by Crippen LogP contribution is -2.20. The molecule has 2 aromatic heterocycles. The number of aromatic nitrogens is 4. The summed E-state index contributed by atoms with van der Waals surface area (Å²) in [5.74, 6) is 0.806. The van der Waals surface area contributed by atoms with Gasteiger partial charge in [-0.3, -0.25) is 0 Å². The summed E-state index contributed by atoms with van der Waals surface area (Å²) in [7, 11) is 1.99. The van der Waals surface area contributed by atoms with E-state index in [9.17, 15) is 0 Å². The lowest BCUT2D eigenvalue weighted by Gasteiger charge is -2.17. The van der Waals surface area contributed by atoms with Crippen LogP contribution in [0.4, 0.5) is 5.82 Å². The molecule has 16 heavy (non-hydrogen) atoms. The second-order valence-corrected chi connectivity index (χ2v) is 4.03. The van der Waals surface area contributed by atoms with Crippen molar-refractivity contribution < 1.29 is 0 Å². The van der Waals surface area contributed by atoms with Gasteiger partial charge in [-0.2, -0.15) is 9.97 Å². The quantitative estimate of drug-likeness (QED) is 0.832. The summed E-state index contributed by atoms with van der Waals surface area (Å²) in [6.07, 6.45) is 3.87. The van der Waals surface area contributed by atoms with Crippen LogP contribution in [0.2, 0.25) is 5.28 Å². The van der Waals surface area contributed by atoms with Crippen molar-refractivity contribution >= 4 is 28.6 Å². The topological polar surface area (TPSA) is 57.7 Å². The van der Waals surface area contributed by atoms with Gasteiger partial charge in [0.25, 0.3) is 0 Å². The van der Waals surface area contributed by atoms with Gasteiger partial charge in [-0.1, -0.05) is 13.3 Å². The molecule has 0 unspecified atom stereocenters. The number of nitrogens with one attached hydrogen (secondary N) is 1. The van der Waals surface area contributed by atoms with E-state index in [0.29, 0.717) is 5.65 Å². The molecule has 2 rings (SSSR count). The predicted molar refractivity (Wildman–Crippen MR) is 64.9 cm³/mol. The van der Waals surface area contributed by atoms with Gasteiger partial charge >= 0.3 is 0 Å². The Morgan fingerprint density at radius 2 is 2.25 bits per heavy atom. The van der Waals surface area contributed by atoms with Crippen molar-refractivity contribution in [3.8, 4) is 0 Å². The highest BCUT2D eigenvalue weighted by molar-refractivity contribution is 6.28. The summed E-state index contributed by atoms with van der Waals surface area (Å²) in [4.78, 5) is 17.5. The van der Waals surface area contributed by atoms with Gasteiger partial charge in [0.05, 0.1) is 6.33 Å². The Kier molecular flexibility index (Phi) is 3.24. The second-order valence-electron chi connectivity index (χ2n) is 3.69. The number of imidazole rings is 1. The molecule has 0 saturated carbocycles. The van der Waals surface area contributed by atoms with Crippen LogP contribution in [0, 0.1) is 0 Å². The maximum Gasteiger partial charge on any atom is 0.226 e. The van der Waals surface area contributed by atoms with Crippen LogP contribution in [-0.4, -0.2) is 33.5 Å². The minimum Gasteiger partial charge on any atom is -0.358 e. The molecule has 2 aromatic rings. The molecule has 0 aliphatic carbocycles. The van der Waals surface area contributed by atoms with Gasteiger partial charge in [-0.15, -0.1) is 0 Å². The van der Waals surface area contributed by atoms with Crippen molar-refractivity contribution in [3.05, 3.63) is 11.6 Å². The number of unbranched alkanes of at least 4 members (excludes halogenated alkanes) is 1. The van der Waals surface area contributed by atoms with Gasteiger partial charge in [0, 0.05) is 13.6 Å². The van der Waals surface area contributed by atoms with E-state index in [-0.39, 0.29) is 5.28 Å². The summed E-state index contributed by atoms with van der Waals surface area (Å²) in [6.45, 7) is 3.10. The first-order valence-electron chi connectivity index (χ1n) is 5.30. The summed E-state index contributed by atoms with van der Waals surface area (Å²) >= 11 is 5.86. The van der Waals surface area contributed by atoms with E-state index < -0.39 is 0 Å². The van der Waals surface area contributed by atoms with E-state index in [0.717, 1.165) is 30.7 Å². The van der Waals surface area contributed by atoms with Crippen LogP contribution in [0.25, 0.3) is 11.2 Å². The third kappa shape index (κ3) is 2.09. The average molecular weight is 240 g/mol. The Morgan fingerprint density at radius 3 is 3.00 bits per heavy atom. The van der Waals surface area contributed by atoms with Crippen LogP contribution in [0.15, 0.2) is 6.33 Å². The van der Waals surface area contributed by atoms with Crippen LogP contribution in [-0.2, 0) is 0 Å². The number of anilines is 1. The lowest BCUT2D eigenvalue weighted by molar-refractivity contribution is 0.760. The zero-order valence-corrected chi connectivity index (χ0v) is 10.1. The number of hydrogen-bond donors (Lipinski definition) is 1. The fourth-order valence-corrected chi connectivity index (χ4v) is 1.73. The number of halogens is 1. The van der Waals surface area contributed by atoms with Crippen molar-refractivity contribution in [2.75, 3.05) is 18.5 Å². The van der Waals surface area contributed by atoms with Crippen LogP contribution in [0.3, 0.4) is 0 Å². The molecule has 2 heterocycles. The first kappa shape index (κ1) is 11.1. The first-order chi connectivity index (χ1) is 7.72. The molecule has 0 spiro atoms. The Bertz CT molecular complexity index is 481. The Labute approximate surface area is 98.9 Å². The van der Waals surface area contributed by atoms with Gasteiger partial charge in [0.2, 0.25) is 5.28 Å². The molecule has 0 radical (unpaired) electrons. The molecule has 0 fully saturated rings. The standard InChI is InChI=1S/C10H14ClN5/c1-3-4-5-16(2)9-7-8(13-6-12-7)14-10(11)15-9/h6H,3-5H2,1-2H3,(H,12,13,14,15). The number of rotatable bonds is 4. The zero-order valence-electron chi connectivity index (χ0n) is 9.37. The number of fused-ring (bicyclic) bond motifs is 1. The van der Waals surface area contributed by atoms with Crippen molar-refractivity contribution in [3.63, 3.8) is 0 Å². The van der Waals surface area contributed by atoms with E-state index in [1.54, 1.807) is 6.33 Å². The fraction of sp³-hybridized carbons (Fsp3) is 0.500. The van der Waals surface area contributed by atoms with E-state index in [1.165, 1.54) is 0 Å². The summed E-state index contributed by atoms with van der Waals surface area (Å²) in [5.41, 5.74) is 1.45. The molecule has 0 amide bonds. The van der Waals surface area contributed by atoms with Crippen LogP contribution in [0.5, 0.6) is 0 Å². The van der Waals surface area contributed by atoms with E-state index in [4.69, 9.17) is 11.6 Å². The monoisotopic (exact) mass is 239 g/mol. The summed E-state index contributed by atoms with van der Waals surface area (Å²) < 4.78 is 0. The largest absolute Gasteiger partial charge is 0.358 e. The molecule has 86 valence electrons. The zero-order chi connectivity index (χ0) is 11.5. The van der Waals surface area contributed by atoms with Crippen molar-refractivity contribution in [2.24, 2.45) is 0 Å². The minimum absolute atomic E-state index is 0.234. The normalized spacial score (nSPS) is 10.9. The first-order valence-corrected chi connectivity index (χ1v) is 5.68. The number of aromatic amines is 1. The Balaban J connectivity index is 2.38. The highest BCUT2D eigenvalue weighted by Crippen LogP contribution is 2.21. The molecule has 0 atom stereocenters. The summed E-state index contributed by atoms with van der Waals surface area (Å²) in [5, 5.41) is 0.234. The van der Waals surface area contributed by atoms with Crippen LogP contribution in [0.1, 0.15) is 19.8 Å². The molecule has 0 aliphatic rings. The van der Waals surface area contributed by atoms with Gasteiger partial charge < -0.3 is 9.88 Å². The molecular formula is C10H14ClN5.